The lowest BCUT2D eigenvalue weighted by molar-refractivity contribution is 0.0233. The molecular formula is C24H30N4O2. The van der Waals surface area contributed by atoms with Gasteiger partial charge in [0.2, 0.25) is 0 Å². The Labute approximate surface area is 178 Å². The van der Waals surface area contributed by atoms with Crippen molar-refractivity contribution in [1.82, 2.24) is 14.7 Å². The minimum Gasteiger partial charge on any atom is -0.444 e. The quantitative estimate of drug-likeness (QED) is 0.528. The van der Waals surface area contributed by atoms with Gasteiger partial charge < -0.3 is 15.0 Å². The minimum absolute atomic E-state index is 0.292. The van der Waals surface area contributed by atoms with E-state index >= 15 is 0 Å². The molecule has 6 nitrogen and oxygen atoms in total. The maximum absolute atomic E-state index is 12.7. The summed E-state index contributed by atoms with van der Waals surface area (Å²) in [6.45, 7) is 7.48. The molecule has 0 bridgehead atoms. The normalized spacial score (nSPS) is 11.2. The first-order chi connectivity index (χ1) is 14.4. The van der Waals surface area contributed by atoms with Crippen LogP contribution in [0.15, 0.2) is 72.9 Å². The van der Waals surface area contributed by atoms with Gasteiger partial charge in [-0.25, -0.2) is 9.48 Å². The van der Waals surface area contributed by atoms with Gasteiger partial charge in [0.1, 0.15) is 11.4 Å². The Bertz CT molecular complexity index is 917. The zero-order valence-electron chi connectivity index (χ0n) is 17.9. The number of hydrogen-bond acceptors (Lipinski definition) is 4. The Morgan fingerprint density at radius 1 is 1.03 bits per heavy atom. The Kier molecular flexibility index (Phi) is 7.12. The van der Waals surface area contributed by atoms with E-state index in [0.717, 1.165) is 23.5 Å². The molecule has 1 amide bonds. The summed E-state index contributed by atoms with van der Waals surface area (Å²) in [5.41, 5.74) is 1.58. The van der Waals surface area contributed by atoms with Gasteiger partial charge in [0.15, 0.2) is 0 Å². The van der Waals surface area contributed by atoms with Crippen LogP contribution in [0.3, 0.4) is 0 Å². The SMILES string of the molecule is CC(C)(C)OC(=O)N(CCCNc1ccn(-c2ccccc2)n1)Cc1ccccc1. The van der Waals surface area contributed by atoms with Gasteiger partial charge in [0, 0.05) is 31.9 Å². The monoisotopic (exact) mass is 406 g/mol. The van der Waals surface area contributed by atoms with Gasteiger partial charge in [-0.3, -0.25) is 0 Å². The number of hydrogen-bond donors (Lipinski definition) is 1. The molecule has 0 fully saturated rings. The number of aromatic nitrogens is 2. The second-order valence-corrected chi connectivity index (χ2v) is 8.15. The molecule has 158 valence electrons. The first-order valence-electron chi connectivity index (χ1n) is 10.3. The maximum Gasteiger partial charge on any atom is 0.410 e. The van der Waals surface area contributed by atoms with E-state index in [1.165, 1.54) is 0 Å². The third kappa shape index (κ3) is 6.65. The third-order valence-electron chi connectivity index (χ3n) is 4.39. The second kappa shape index (κ2) is 9.96. The van der Waals surface area contributed by atoms with E-state index in [0.29, 0.717) is 19.6 Å². The van der Waals surface area contributed by atoms with Crippen molar-refractivity contribution in [2.75, 3.05) is 18.4 Å². The molecule has 1 heterocycles. The van der Waals surface area contributed by atoms with E-state index in [-0.39, 0.29) is 6.09 Å². The van der Waals surface area contributed by atoms with Crippen molar-refractivity contribution < 1.29 is 9.53 Å². The fourth-order valence-corrected chi connectivity index (χ4v) is 2.99. The predicted octanol–water partition coefficient (Wildman–Crippen LogP) is 5.11. The van der Waals surface area contributed by atoms with Crippen molar-refractivity contribution >= 4 is 11.9 Å². The molecule has 0 unspecified atom stereocenters. The Morgan fingerprint density at radius 3 is 2.37 bits per heavy atom. The Morgan fingerprint density at radius 2 is 1.70 bits per heavy atom. The van der Waals surface area contributed by atoms with Gasteiger partial charge in [0.25, 0.3) is 0 Å². The van der Waals surface area contributed by atoms with Crippen LogP contribution in [-0.4, -0.2) is 39.5 Å². The summed E-state index contributed by atoms with van der Waals surface area (Å²) in [6.07, 6.45) is 2.42. The fourth-order valence-electron chi connectivity index (χ4n) is 2.99. The zero-order chi connectivity index (χ0) is 21.4. The van der Waals surface area contributed by atoms with E-state index in [9.17, 15) is 4.79 Å². The van der Waals surface area contributed by atoms with Crippen LogP contribution in [0.1, 0.15) is 32.8 Å². The van der Waals surface area contributed by atoms with Crippen LogP contribution in [0, 0.1) is 0 Å². The summed E-state index contributed by atoms with van der Waals surface area (Å²) in [6, 6.07) is 21.9. The molecule has 0 saturated carbocycles. The van der Waals surface area contributed by atoms with E-state index in [2.05, 4.69) is 10.4 Å². The number of anilines is 1. The van der Waals surface area contributed by atoms with Crippen molar-refractivity contribution in [3.63, 3.8) is 0 Å². The van der Waals surface area contributed by atoms with Gasteiger partial charge in [-0.2, -0.15) is 5.10 Å². The number of carbonyl (C=O) groups is 1. The van der Waals surface area contributed by atoms with E-state index < -0.39 is 5.60 Å². The largest absolute Gasteiger partial charge is 0.444 e. The number of nitrogens with zero attached hydrogens (tertiary/aromatic N) is 3. The molecular weight excluding hydrogens is 376 g/mol. The highest BCUT2D eigenvalue weighted by molar-refractivity contribution is 5.68. The molecule has 6 heteroatoms. The topological polar surface area (TPSA) is 59.4 Å². The highest BCUT2D eigenvalue weighted by Crippen LogP contribution is 2.14. The third-order valence-corrected chi connectivity index (χ3v) is 4.39. The van der Waals surface area contributed by atoms with E-state index in [1.54, 1.807) is 4.90 Å². The molecule has 2 aromatic carbocycles. The summed E-state index contributed by atoms with van der Waals surface area (Å²) < 4.78 is 7.43. The molecule has 3 rings (SSSR count). The van der Waals surface area contributed by atoms with Crippen LogP contribution in [0.4, 0.5) is 10.6 Å². The van der Waals surface area contributed by atoms with E-state index in [4.69, 9.17) is 4.74 Å². The first kappa shape index (κ1) is 21.4. The zero-order valence-corrected chi connectivity index (χ0v) is 17.9. The number of benzene rings is 2. The first-order valence-corrected chi connectivity index (χ1v) is 10.3. The van der Waals surface area contributed by atoms with Crippen LogP contribution >= 0.6 is 0 Å². The molecule has 0 saturated heterocycles. The minimum atomic E-state index is -0.519. The molecule has 30 heavy (non-hydrogen) atoms. The summed E-state index contributed by atoms with van der Waals surface area (Å²) in [5, 5.41) is 7.88. The van der Waals surface area contributed by atoms with Crippen molar-refractivity contribution in [2.45, 2.75) is 39.3 Å². The number of nitrogens with one attached hydrogen (secondary N) is 1. The van der Waals surface area contributed by atoms with Gasteiger partial charge in [-0.15, -0.1) is 0 Å². The number of ether oxygens (including phenoxy) is 1. The standard InChI is InChI=1S/C24H30N4O2/c1-24(2,3)30-23(29)27(19-20-11-6-4-7-12-20)17-10-16-25-22-15-18-28(26-22)21-13-8-5-9-14-21/h4-9,11-15,18H,10,16-17,19H2,1-3H3,(H,25,26). The van der Waals surface area contributed by atoms with Crippen molar-refractivity contribution in [2.24, 2.45) is 0 Å². The summed E-state index contributed by atoms with van der Waals surface area (Å²) in [5.74, 6) is 0.811. The summed E-state index contributed by atoms with van der Waals surface area (Å²) in [4.78, 5) is 14.4. The van der Waals surface area contributed by atoms with Crippen LogP contribution < -0.4 is 5.32 Å². The Hall–Kier alpha value is -3.28. The average molecular weight is 407 g/mol. The molecule has 0 aliphatic heterocycles. The maximum atomic E-state index is 12.7. The summed E-state index contributed by atoms with van der Waals surface area (Å²) >= 11 is 0. The molecule has 0 aliphatic rings. The lowest BCUT2D eigenvalue weighted by Gasteiger charge is -2.27. The van der Waals surface area contributed by atoms with Crippen molar-refractivity contribution in [3.8, 4) is 5.69 Å². The molecule has 1 N–H and O–H groups in total. The number of carbonyl (C=O) groups excluding carboxylic acids is 1. The molecule has 0 aliphatic carbocycles. The van der Waals surface area contributed by atoms with Crippen molar-refractivity contribution in [1.29, 1.82) is 0 Å². The average Bonchev–Trinajstić information content (AvgIpc) is 3.19. The Balaban J connectivity index is 1.53. The van der Waals surface area contributed by atoms with Gasteiger partial charge in [-0.1, -0.05) is 48.5 Å². The van der Waals surface area contributed by atoms with Crippen LogP contribution in [0.2, 0.25) is 0 Å². The van der Waals surface area contributed by atoms with Gasteiger partial charge in [-0.05, 0) is 44.9 Å². The highest BCUT2D eigenvalue weighted by Gasteiger charge is 2.22. The second-order valence-electron chi connectivity index (χ2n) is 8.15. The summed E-state index contributed by atoms with van der Waals surface area (Å²) in [7, 11) is 0. The highest BCUT2D eigenvalue weighted by atomic mass is 16.6. The fraction of sp³-hybridized carbons (Fsp3) is 0.333. The molecule has 3 aromatic rings. The van der Waals surface area contributed by atoms with E-state index in [1.807, 2.05) is 98.4 Å². The smallest absolute Gasteiger partial charge is 0.410 e. The van der Waals surface area contributed by atoms with Gasteiger partial charge >= 0.3 is 6.09 Å². The number of para-hydroxylation sites is 1. The lowest BCUT2D eigenvalue weighted by atomic mass is 10.2. The van der Waals surface area contributed by atoms with Crippen molar-refractivity contribution in [3.05, 3.63) is 78.5 Å². The van der Waals surface area contributed by atoms with Crippen LogP contribution in [-0.2, 0) is 11.3 Å². The predicted molar refractivity (Wildman–Crippen MR) is 120 cm³/mol. The van der Waals surface area contributed by atoms with Gasteiger partial charge in [0.05, 0.1) is 5.69 Å². The molecule has 0 radical (unpaired) electrons. The number of rotatable bonds is 8. The lowest BCUT2D eigenvalue weighted by Crippen LogP contribution is -2.37. The molecule has 0 atom stereocenters. The number of amides is 1. The molecule has 0 spiro atoms. The molecule has 1 aromatic heterocycles. The van der Waals surface area contributed by atoms with Crippen LogP contribution in [0.25, 0.3) is 5.69 Å². The van der Waals surface area contributed by atoms with Crippen LogP contribution in [0.5, 0.6) is 0 Å².